The SMILES string of the molecule is CCCOC(=O)c1ccc(CN2C(=O)C(=O)/C(=C(/O)c3cc(C(C)C)c(OC)cc3C)C2c2cccnc2)cc1. The third-order valence-electron chi connectivity index (χ3n) is 6.97. The van der Waals surface area contributed by atoms with Crippen LogP contribution in [-0.2, 0) is 20.9 Å². The molecule has 3 aromatic rings. The highest BCUT2D eigenvalue weighted by atomic mass is 16.5. The van der Waals surface area contributed by atoms with Crippen LogP contribution in [0.15, 0.2) is 66.5 Å². The molecule has 0 aliphatic carbocycles. The number of hydrogen-bond donors (Lipinski definition) is 1. The van der Waals surface area contributed by atoms with E-state index in [0.717, 1.165) is 12.0 Å². The van der Waals surface area contributed by atoms with Crippen LogP contribution in [0.5, 0.6) is 5.75 Å². The highest BCUT2D eigenvalue weighted by Gasteiger charge is 2.46. The largest absolute Gasteiger partial charge is 0.507 e. The number of aliphatic hydroxyl groups is 1. The average Bonchev–Trinajstić information content (AvgIpc) is 3.20. The van der Waals surface area contributed by atoms with Gasteiger partial charge in [-0.25, -0.2) is 4.79 Å². The number of carbonyl (C=O) groups excluding carboxylic acids is 3. The van der Waals surface area contributed by atoms with Gasteiger partial charge in [-0.1, -0.05) is 39.0 Å². The highest BCUT2D eigenvalue weighted by Crippen LogP contribution is 2.41. The van der Waals surface area contributed by atoms with Gasteiger partial charge < -0.3 is 19.5 Å². The predicted molar refractivity (Wildman–Crippen MR) is 151 cm³/mol. The van der Waals surface area contributed by atoms with Crippen LogP contribution in [0.3, 0.4) is 0 Å². The zero-order valence-corrected chi connectivity index (χ0v) is 23.4. The van der Waals surface area contributed by atoms with E-state index in [4.69, 9.17) is 9.47 Å². The lowest BCUT2D eigenvalue weighted by Crippen LogP contribution is -2.29. The Bertz CT molecular complexity index is 1440. The van der Waals surface area contributed by atoms with Crippen LogP contribution in [0, 0.1) is 6.92 Å². The number of amides is 1. The molecule has 1 aromatic heterocycles. The standard InChI is InChI=1S/C32H34N2O6/c1-6-14-40-32(38)22-11-9-21(10-12-22)18-34-28(23-8-7-13-33-17-23)27(30(36)31(34)37)29(35)25-16-24(19(2)3)26(39-5)15-20(25)4/h7-13,15-17,19,28,35H,6,14,18H2,1-5H3/b29-27+. The van der Waals surface area contributed by atoms with Crippen molar-refractivity contribution in [2.75, 3.05) is 13.7 Å². The summed E-state index contributed by atoms with van der Waals surface area (Å²) < 4.78 is 10.7. The fraction of sp³-hybridized carbons (Fsp3) is 0.312. The van der Waals surface area contributed by atoms with Crippen molar-refractivity contribution < 1.29 is 29.0 Å². The van der Waals surface area contributed by atoms with Gasteiger partial charge >= 0.3 is 5.97 Å². The zero-order valence-electron chi connectivity index (χ0n) is 23.4. The molecule has 40 heavy (non-hydrogen) atoms. The van der Waals surface area contributed by atoms with Gasteiger partial charge in [-0.15, -0.1) is 0 Å². The molecule has 0 bridgehead atoms. The third kappa shape index (κ3) is 5.61. The molecule has 208 valence electrons. The van der Waals surface area contributed by atoms with E-state index in [2.05, 4.69) is 4.98 Å². The molecular weight excluding hydrogens is 508 g/mol. The van der Waals surface area contributed by atoms with Gasteiger partial charge in [0.05, 0.1) is 30.9 Å². The quantitative estimate of drug-likeness (QED) is 0.160. The van der Waals surface area contributed by atoms with Crippen molar-refractivity contribution in [1.29, 1.82) is 0 Å². The number of nitrogens with zero attached hydrogens (tertiary/aromatic N) is 2. The molecule has 8 heteroatoms. The van der Waals surface area contributed by atoms with Gasteiger partial charge in [-0.2, -0.15) is 0 Å². The second-order valence-electron chi connectivity index (χ2n) is 10.1. The fourth-order valence-corrected chi connectivity index (χ4v) is 4.87. The number of ketones is 1. The first-order chi connectivity index (χ1) is 19.2. The predicted octanol–water partition coefficient (Wildman–Crippen LogP) is 5.71. The maximum atomic E-state index is 13.5. The minimum absolute atomic E-state index is 0.000682. The number of aryl methyl sites for hydroxylation is 1. The van der Waals surface area contributed by atoms with Crippen LogP contribution in [0.4, 0.5) is 0 Å². The minimum Gasteiger partial charge on any atom is -0.507 e. The Morgan fingerprint density at radius 3 is 2.45 bits per heavy atom. The van der Waals surface area contributed by atoms with E-state index in [1.807, 2.05) is 39.8 Å². The smallest absolute Gasteiger partial charge is 0.338 e. The summed E-state index contributed by atoms with van der Waals surface area (Å²) >= 11 is 0. The number of hydrogen-bond acceptors (Lipinski definition) is 7. The highest BCUT2D eigenvalue weighted by molar-refractivity contribution is 6.46. The number of ether oxygens (including phenoxy) is 2. The number of carbonyl (C=O) groups is 3. The first kappa shape index (κ1) is 28.5. The van der Waals surface area contributed by atoms with E-state index < -0.39 is 23.7 Å². The third-order valence-corrected chi connectivity index (χ3v) is 6.97. The molecule has 1 N–H and O–H groups in total. The van der Waals surface area contributed by atoms with E-state index >= 15 is 0 Å². The topological polar surface area (TPSA) is 106 Å². The Balaban J connectivity index is 1.78. The zero-order chi connectivity index (χ0) is 29.0. The number of likely N-dealkylation sites (tertiary alicyclic amines) is 1. The summed E-state index contributed by atoms with van der Waals surface area (Å²) in [5.74, 6) is -1.37. The van der Waals surface area contributed by atoms with E-state index in [9.17, 15) is 19.5 Å². The van der Waals surface area contributed by atoms with Crippen LogP contribution in [0.25, 0.3) is 5.76 Å². The number of rotatable bonds is 9. The van der Waals surface area contributed by atoms with Crippen molar-refractivity contribution >= 4 is 23.4 Å². The Hall–Kier alpha value is -4.46. The van der Waals surface area contributed by atoms with Gasteiger partial charge in [-0.05, 0) is 71.8 Å². The number of methoxy groups -OCH3 is 1. The first-order valence-electron chi connectivity index (χ1n) is 13.3. The summed E-state index contributed by atoms with van der Waals surface area (Å²) in [7, 11) is 1.59. The molecule has 1 aliphatic rings. The van der Waals surface area contributed by atoms with Crippen molar-refractivity contribution in [2.24, 2.45) is 0 Å². The lowest BCUT2D eigenvalue weighted by atomic mass is 9.91. The number of Topliss-reactive ketones (excluding diaryl/α,β-unsaturated/α-hetero) is 1. The summed E-state index contributed by atoms with van der Waals surface area (Å²) in [6, 6.07) is 13.0. The molecule has 1 amide bonds. The Labute approximate surface area is 234 Å². The van der Waals surface area contributed by atoms with Crippen molar-refractivity contribution in [1.82, 2.24) is 9.88 Å². The molecule has 4 rings (SSSR count). The van der Waals surface area contributed by atoms with Crippen LogP contribution in [0.1, 0.15) is 77.3 Å². The van der Waals surface area contributed by atoms with Gasteiger partial charge in [0.2, 0.25) is 0 Å². The normalized spacial score (nSPS) is 16.4. The van der Waals surface area contributed by atoms with Crippen LogP contribution in [0.2, 0.25) is 0 Å². The summed E-state index contributed by atoms with van der Waals surface area (Å²) in [6.07, 6.45) is 3.92. The lowest BCUT2D eigenvalue weighted by Gasteiger charge is -2.25. The molecule has 0 saturated carbocycles. The van der Waals surface area contributed by atoms with Gasteiger partial charge in [0, 0.05) is 24.5 Å². The summed E-state index contributed by atoms with van der Waals surface area (Å²) in [6.45, 7) is 8.19. The van der Waals surface area contributed by atoms with Crippen molar-refractivity contribution in [2.45, 2.75) is 52.6 Å². The molecule has 2 heterocycles. The summed E-state index contributed by atoms with van der Waals surface area (Å²) in [5.41, 5.74) is 3.76. The second kappa shape index (κ2) is 12.2. The van der Waals surface area contributed by atoms with Crippen molar-refractivity contribution in [3.63, 3.8) is 0 Å². The molecule has 0 spiro atoms. The molecule has 1 unspecified atom stereocenters. The summed E-state index contributed by atoms with van der Waals surface area (Å²) in [4.78, 5) is 44.7. The van der Waals surface area contributed by atoms with Crippen molar-refractivity contribution in [3.8, 4) is 5.75 Å². The number of aliphatic hydroxyl groups excluding tert-OH is 1. The maximum absolute atomic E-state index is 13.5. The second-order valence-corrected chi connectivity index (χ2v) is 10.1. The maximum Gasteiger partial charge on any atom is 0.338 e. The van der Waals surface area contributed by atoms with Gasteiger partial charge in [0.25, 0.3) is 11.7 Å². The number of aromatic nitrogens is 1. The lowest BCUT2D eigenvalue weighted by molar-refractivity contribution is -0.140. The molecule has 1 saturated heterocycles. The number of benzene rings is 2. The van der Waals surface area contributed by atoms with Crippen LogP contribution in [-0.4, -0.2) is 46.4 Å². The number of pyridine rings is 1. The first-order valence-corrected chi connectivity index (χ1v) is 13.3. The molecule has 1 atom stereocenters. The van der Waals surface area contributed by atoms with E-state index in [1.165, 1.54) is 4.90 Å². The van der Waals surface area contributed by atoms with E-state index in [-0.39, 0.29) is 23.8 Å². The fourth-order valence-electron chi connectivity index (χ4n) is 4.87. The van der Waals surface area contributed by atoms with E-state index in [0.29, 0.717) is 40.2 Å². The van der Waals surface area contributed by atoms with Crippen LogP contribution >= 0.6 is 0 Å². The monoisotopic (exact) mass is 542 g/mol. The van der Waals surface area contributed by atoms with Crippen LogP contribution < -0.4 is 4.74 Å². The van der Waals surface area contributed by atoms with E-state index in [1.54, 1.807) is 55.9 Å². The average molecular weight is 543 g/mol. The Kier molecular flexibility index (Phi) is 8.67. The molecule has 1 aliphatic heterocycles. The Morgan fingerprint density at radius 2 is 1.85 bits per heavy atom. The van der Waals surface area contributed by atoms with Crippen molar-refractivity contribution in [3.05, 3.63) is 99.9 Å². The molecule has 0 radical (unpaired) electrons. The minimum atomic E-state index is -0.855. The molecule has 1 fully saturated rings. The molecule has 8 nitrogen and oxygen atoms in total. The Morgan fingerprint density at radius 1 is 1.12 bits per heavy atom. The summed E-state index contributed by atoms with van der Waals surface area (Å²) in [5, 5.41) is 11.6. The van der Waals surface area contributed by atoms with Gasteiger partial charge in [0.1, 0.15) is 11.5 Å². The van der Waals surface area contributed by atoms with Gasteiger partial charge in [-0.3, -0.25) is 14.6 Å². The molecular formula is C32H34N2O6. The molecule has 2 aromatic carbocycles. The van der Waals surface area contributed by atoms with Gasteiger partial charge in [0.15, 0.2) is 0 Å². The number of esters is 1.